The Balaban J connectivity index is 3.04. The maximum Gasteiger partial charge on any atom is 0.197 e. The van der Waals surface area contributed by atoms with Crippen molar-refractivity contribution >= 4 is 17.2 Å². The average molecular weight is 199 g/mol. The van der Waals surface area contributed by atoms with Crippen molar-refractivity contribution in [1.82, 2.24) is 0 Å². The molecule has 0 atom stereocenters. The molecule has 0 aliphatic heterocycles. The van der Waals surface area contributed by atoms with Crippen molar-refractivity contribution in [2.75, 3.05) is 0 Å². The molecule has 0 aromatic carbocycles. The van der Waals surface area contributed by atoms with Gasteiger partial charge in [0.15, 0.2) is 16.7 Å². The van der Waals surface area contributed by atoms with Gasteiger partial charge in [0.05, 0.1) is 5.76 Å². The van der Waals surface area contributed by atoms with Gasteiger partial charge in [-0.25, -0.2) is 0 Å². The Bertz CT molecular complexity index is 350. The maximum atomic E-state index is 5.68. The van der Waals surface area contributed by atoms with Crippen molar-refractivity contribution in [3.8, 4) is 5.75 Å². The molecule has 0 saturated carbocycles. The molecule has 1 rings (SSSR count). The van der Waals surface area contributed by atoms with Gasteiger partial charge in [0, 0.05) is 6.07 Å². The molecule has 0 aliphatic rings. The fraction of sp³-hybridized carbons (Fsp3) is 0.200. The lowest BCUT2D eigenvalue weighted by Gasteiger charge is -2.02. The highest BCUT2D eigenvalue weighted by Crippen LogP contribution is 2.32. The zero-order valence-electron chi connectivity index (χ0n) is 7.69. The minimum Gasteiger partial charge on any atom is -0.459 e. The first kappa shape index (κ1) is 9.93. The summed E-state index contributed by atoms with van der Waals surface area (Å²) in [5, 5.41) is 0.286. The molecule has 1 aromatic rings. The van der Waals surface area contributed by atoms with Crippen LogP contribution in [0.25, 0.3) is 5.57 Å². The summed E-state index contributed by atoms with van der Waals surface area (Å²) in [7, 11) is 0. The van der Waals surface area contributed by atoms with E-state index < -0.39 is 0 Å². The summed E-state index contributed by atoms with van der Waals surface area (Å²) in [6, 6.07) is 1.60. The Hall–Kier alpha value is -1.15. The molecule has 3 heteroatoms. The Labute approximate surface area is 82.5 Å². The van der Waals surface area contributed by atoms with E-state index in [9.17, 15) is 0 Å². The minimum atomic E-state index is 0.286. The Morgan fingerprint density at radius 2 is 2.08 bits per heavy atom. The van der Waals surface area contributed by atoms with Crippen LogP contribution in [-0.4, -0.2) is 0 Å². The van der Waals surface area contributed by atoms with Crippen molar-refractivity contribution in [3.05, 3.63) is 36.0 Å². The van der Waals surface area contributed by atoms with E-state index in [2.05, 4.69) is 13.2 Å². The van der Waals surface area contributed by atoms with Crippen LogP contribution >= 0.6 is 11.6 Å². The fourth-order valence-electron chi connectivity index (χ4n) is 0.907. The highest BCUT2D eigenvalue weighted by molar-refractivity contribution is 6.29. The van der Waals surface area contributed by atoms with Gasteiger partial charge >= 0.3 is 0 Å². The van der Waals surface area contributed by atoms with Crippen LogP contribution in [-0.2, 0) is 0 Å². The van der Waals surface area contributed by atoms with E-state index in [4.69, 9.17) is 20.8 Å². The molecule has 0 saturated heterocycles. The second-order valence-corrected chi connectivity index (χ2v) is 3.20. The van der Waals surface area contributed by atoms with Crippen LogP contribution in [0, 0.1) is 0 Å². The molecule has 1 heterocycles. The van der Waals surface area contributed by atoms with E-state index in [0.717, 1.165) is 5.57 Å². The molecule has 70 valence electrons. The summed E-state index contributed by atoms with van der Waals surface area (Å²) in [5.41, 5.74) is 0.767. The summed E-state index contributed by atoms with van der Waals surface area (Å²) in [5.74, 6) is 1.71. The van der Waals surface area contributed by atoms with Crippen molar-refractivity contribution < 1.29 is 9.15 Å². The van der Waals surface area contributed by atoms with Gasteiger partial charge in [-0.1, -0.05) is 13.2 Å². The predicted molar refractivity (Wildman–Crippen MR) is 53.9 cm³/mol. The molecule has 13 heavy (non-hydrogen) atoms. The zero-order valence-corrected chi connectivity index (χ0v) is 8.44. The van der Waals surface area contributed by atoms with Gasteiger partial charge < -0.3 is 9.15 Å². The number of hydrogen-bond acceptors (Lipinski definition) is 2. The summed E-state index contributed by atoms with van der Waals surface area (Å²) < 4.78 is 10.5. The van der Waals surface area contributed by atoms with Crippen LogP contribution in [0.1, 0.15) is 19.6 Å². The number of ether oxygens (including phenoxy) is 1. The third-order valence-corrected chi connectivity index (χ3v) is 1.53. The van der Waals surface area contributed by atoms with Gasteiger partial charge in [-0.3, -0.25) is 0 Å². The molecule has 1 aromatic heterocycles. The predicted octanol–water partition coefficient (Wildman–Crippen LogP) is 3.88. The first-order chi connectivity index (χ1) is 6.00. The normalized spacial score (nSPS) is 9.77. The second kappa shape index (κ2) is 3.71. The quantitative estimate of drug-likeness (QED) is 0.688. The summed E-state index contributed by atoms with van der Waals surface area (Å²) in [4.78, 5) is 0. The monoisotopic (exact) mass is 198 g/mol. The molecule has 0 spiro atoms. The van der Waals surface area contributed by atoms with Crippen LogP contribution in [0.2, 0.25) is 5.22 Å². The maximum absolute atomic E-state index is 5.68. The van der Waals surface area contributed by atoms with E-state index >= 15 is 0 Å². The molecule has 0 amide bonds. The summed E-state index contributed by atoms with van der Waals surface area (Å²) >= 11 is 5.68. The van der Waals surface area contributed by atoms with Gasteiger partial charge in [0.25, 0.3) is 0 Å². The van der Waals surface area contributed by atoms with Crippen LogP contribution in [0.5, 0.6) is 5.75 Å². The number of allylic oxidation sites excluding steroid dienone is 2. The lowest BCUT2D eigenvalue weighted by Crippen LogP contribution is -1.89. The van der Waals surface area contributed by atoms with E-state index in [0.29, 0.717) is 17.3 Å². The molecular formula is C10H11ClO2. The molecule has 0 fully saturated rings. The van der Waals surface area contributed by atoms with Gasteiger partial charge in [-0.15, -0.1) is 0 Å². The van der Waals surface area contributed by atoms with Crippen LogP contribution in [0.4, 0.5) is 0 Å². The summed E-state index contributed by atoms with van der Waals surface area (Å²) in [6.45, 7) is 10.9. The number of furan rings is 1. The number of halogens is 1. The standard InChI is InChI=1S/C10H11ClO2/c1-6(2)10-8(12-7(3)4)5-9(11)13-10/h5H,1,3H2,2,4H3. The Morgan fingerprint density at radius 1 is 1.46 bits per heavy atom. The Kier molecular flexibility index (Phi) is 2.83. The first-order valence-corrected chi connectivity index (χ1v) is 4.17. The lowest BCUT2D eigenvalue weighted by molar-refractivity contribution is 0.417. The van der Waals surface area contributed by atoms with Crippen LogP contribution in [0.15, 0.2) is 29.4 Å². The van der Waals surface area contributed by atoms with Crippen LogP contribution < -0.4 is 4.74 Å². The summed E-state index contributed by atoms with van der Waals surface area (Å²) in [6.07, 6.45) is 0. The molecule has 0 unspecified atom stereocenters. The van der Waals surface area contributed by atoms with Crippen molar-refractivity contribution in [2.24, 2.45) is 0 Å². The highest BCUT2D eigenvalue weighted by Gasteiger charge is 2.11. The van der Waals surface area contributed by atoms with Crippen molar-refractivity contribution in [1.29, 1.82) is 0 Å². The second-order valence-electron chi connectivity index (χ2n) is 2.83. The van der Waals surface area contributed by atoms with Crippen molar-refractivity contribution in [3.63, 3.8) is 0 Å². The van der Waals surface area contributed by atoms with E-state index in [-0.39, 0.29) is 5.22 Å². The smallest absolute Gasteiger partial charge is 0.197 e. The average Bonchev–Trinajstić information content (AvgIpc) is 2.29. The third-order valence-electron chi connectivity index (χ3n) is 1.34. The fourth-order valence-corrected chi connectivity index (χ4v) is 1.08. The van der Waals surface area contributed by atoms with E-state index in [1.807, 2.05) is 6.92 Å². The molecule has 2 nitrogen and oxygen atoms in total. The molecule has 0 N–H and O–H groups in total. The number of rotatable bonds is 3. The zero-order chi connectivity index (χ0) is 10.0. The van der Waals surface area contributed by atoms with Crippen LogP contribution in [0.3, 0.4) is 0 Å². The van der Waals surface area contributed by atoms with Gasteiger partial charge in [-0.05, 0) is 31.0 Å². The van der Waals surface area contributed by atoms with Crippen molar-refractivity contribution in [2.45, 2.75) is 13.8 Å². The van der Waals surface area contributed by atoms with Gasteiger partial charge in [0.1, 0.15) is 0 Å². The first-order valence-electron chi connectivity index (χ1n) is 3.79. The lowest BCUT2D eigenvalue weighted by atomic mass is 10.2. The molecule has 0 bridgehead atoms. The van der Waals surface area contributed by atoms with Gasteiger partial charge in [-0.2, -0.15) is 0 Å². The van der Waals surface area contributed by atoms with Gasteiger partial charge in [0.2, 0.25) is 0 Å². The SMILES string of the molecule is C=C(C)Oc1cc(Cl)oc1C(=C)C. The third kappa shape index (κ3) is 2.39. The Morgan fingerprint density at radius 3 is 2.54 bits per heavy atom. The molecule has 0 aliphatic carbocycles. The minimum absolute atomic E-state index is 0.286. The largest absolute Gasteiger partial charge is 0.459 e. The topological polar surface area (TPSA) is 22.4 Å². The highest BCUT2D eigenvalue weighted by atomic mass is 35.5. The van der Waals surface area contributed by atoms with E-state index in [1.165, 1.54) is 0 Å². The number of hydrogen-bond donors (Lipinski definition) is 0. The molecular weight excluding hydrogens is 188 g/mol. The molecule has 0 radical (unpaired) electrons. The van der Waals surface area contributed by atoms with E-state index in [1.54, 1.807) is 13.0 Å².